The molecule has 5 amide bonds. The Hall–Kier alpha value is -3.31. The van der Waals surface area contributed by atoms with Crippen LogP contribution in [0, 0.1) is 0 Å². The summed E-state index contributed by atoms with van der Waals surface area (Å²) in [5.41, 5.74) is 6.20. The molecule has 0 saturated carbocycles. The van der Waals surface area contributed by atoms with Crippen LogP contribution in [0.2, 0.25) is 0 Å². The zero-order valence-corrected chi connectivity index (χ0v) is 23.0. The van der Waals surface area contributed by atoms with Gasteiger partial charge in [-0.15, -0.1) is 0 Å². The van der Waals surface area contributed by atoms with E-state index in [4.69, 9.17) is 10.8 Å². The topological polar surface area (TPSA) is 229 Å². The van der Waals surface area contributed by atoms with Crippen LogP contribution in [0.1, 0.15) is 25.5 Å². The van der Waals surface area contributed by atoms with Crippen LogP contribution >= 0.6 is 25.3 Å². The third kappa shape index (κ3) is 9.43. The van der Waals surface area contributed by atoms with Crippen molar-refractivity contribution in [2.75, 3.05) is 24.6 Å². The molecule has 1 aromatic heterocycles. The second-order valence-electron chi connectivity index (χ2n) is 8.91. The number of imidazole rings is 1. The van der Waals surface area contributed by atoms with Crippen molar-refractivity contribution in [1.29, 1.82) is 0 Å². The first-order valence-electron chi connectivity index (χ1n) is 12.1. The van der Waals surface area contributed by atoms with Crippen LogP contribution in [-0.4, -0.2) is 110 Å². The number of rotatable bonds is 14. The number of carbonyl (C=O) groups excluding carboxylic acids is 5. The van der Waals surface area contributed by atoms with Gasteiger partial charge in [-0.05, 0) is 19.8 Å². The van der Waals surface area contributed by atoms with Crippen molar-refractivity contribution in [3.05, 3.63) is 18.2 Å². The average molecular weight is 587 g/mol. The number of carbonyl (C=O) groups is 6. The third-order valence-corrected chi connectivity index (χ3v) is 6.71. The number of carboxylic acid groups (broad SMARTS) is 1. The first kappa shape index (κ1) is 31.9. The fourth-order valence-electron chi connectivity index (χ4n) is 3.84. The number of nitrogens with one attached hydrogen (secondary N) is 5. The molecule has 8 N–H and O–H groups in total. The highest BCUT2D eigenvalue weighted by Gasteiger charge is 2.39. The quantitative estimate of drug-likeness (QED) is 0.0999. The molecular weight excluding hydrogens is 552 g/mol. The van der Waals surface area contributed by atoms with E-state index in [2.05, 4.69) is 56.5 Å². The van der Waals surface area contributed by atoms with E-state index in [-0.39, 0.29) is 24.5 Å². The number of carboxylic acids is 1. The van der Waals surface area contributed by atoms with E-state index in [1.54, 1.807) is 0 Å². The highest BCUT2D eigenvalue weighted by molar-refractivity contribution is 7.80. The lowest BCUT2D eigenvalue weighted by Crippen LogP contribution is -2.59. The Kier molecular flexibility index (Phi) is 12.5. The molecule has 1 saturated heterocycles. The number of amides is 5. The number of nitrogens with zero attached hydrogens (tertiary/aromatic N) is 2. The number of hydrogen-bond donors (Lipinski definition) is 9. The molecule has 15 nitrogen and oxygen atoms in total. The molecule has 0 aromatic carbocycles. The standard InChI is InChI=1S/C22H34N8O7S2/c1-11(18(33)25-7-17(31)32)27-20(35)14(5-12-6-24-10-26-12)28-21(36)16-3-2-4-30(16)22(37)15(9-39)29-19(34)13(23)8-38/h6,10-11,13-16,38-39H,2-5,7-9,23H2,1H3,(H,24,26)(H,25,33)(H,27,35)(H,28,36)(H,29,34)(H,31,32)/t11-,13-,14-,15-,16-/m0/s1. The minimum absolute atomic E-state index is 0.00135. The molecule has 1 fully saturated rings. The molecule has 216 valence electrons. The van der Waals surface area contributed by atoms with Gasteiger partial charge in [0.25, 0.3) is 0 Å². The Morgan fingerprint density at radius 2 is 1.82 bits per heavy atom. The number of aromatic amines is 1. The zero-order valence-electron chi connectivity index (χ0n) is 21.3. The number of H-pyrrole nitrogens is 1. The van der Waals surface area contributed by atoms with Crippen LogP contribution in [0.15, 0.2) is 12.5 Å². The predicted octanol–water partition coefficient (Wildman–Crippen LogP) is -3.19. The van der Waals surface area contributed by atoms with E-state index in [9.17, 15) is 28.8 Å². The maximum atomic E-state index is 13.3. The van der Waals surface area contributed by atoms with Gasteiger partial charge in [-0.25, -0.2) is 4.98 Å². The summed E-state index contributed by atoms with van der Waals surface area (Å²) in [5, 5.41) is 18.5. The summed E-state index contributed by atoms with van der Waals surface area (Å²) < 4.78 is 0. The number of hydrogen-bond acceptors (Lipinski definition) is 10. The van der Waals surface area contributed by atoms with Gasteiger partial charge in [-0.1, -0.05) is 0 Å². The van der Waals surface area contributed by atoms with Crippen molar-refractivity contribution in [2.24, 2.45) is 5.73 Å². The molecule has 5 atom stereocenters. The van der Waals surface area contributed by atoms with Gasteiger partial charge in [0, 0.05) is 36.4 Å². The van der Waals surface area contributed by atoms with Gasteiger partial charge in [0.1, 0.15) is 30.7 Å². The van der Waals surface area contributed by atoms with Gasteiger partial charge in [0.05, 0.1) is 12.4 Å². The summed E-state index contributed by atoms with van der Waals surface area (Å²) >= 11 is 8.14. The first-order valence-corrected chi connectivity index (χ1v) is 13.4. The average Bonchev–Trinajstić information content (AvgIpc) is 3.61. The summed E-state index contributed by atoms with van der Waals surface area (Å²) in [6.07, 6.45) is 3.71. The molecule has 1 aliphatic heterocycles. The van der Waals surface area contributed by atoms with Gasteiger partial charge in [0.15, 0.2) is 0 Å². The molecule has 0 radical (unpaired) electrons. The van der Waals surface area contributed by atoms with E-state index in [1.807, 2.05) is 0 Å². The fourth-order valence-corrected chi connectivity index (χ4v) is 4.25. The monoisotopic (exact) mass is 586 g/mol. The Morgan fingerprint density at radius 3 is 2.41 bits per heavy atom. The van der Waals surface area contributed by atoms with Crippen molar-refractivity contribution in [1.82, 2.24) is 36.1 Å². The molecule has 0 aliphatic carbocycles. The van der Waals surface area contributed by atoms with Gasteiger partial charge >= 0.3 is 5.97 Å². The number of likely N-dealkylation sites (tertiary alicyclic amines) is 1. The van der Waals surface area contributed by atoms with E-state index < -0.39 is 72.3 Å². The maximum Gasteiger partial charge on any atom is 0.322 e. The summed E-state index contributed by atoms with van der Waals surface area (Å²) in [7, 11) is 0. The highest BCUT2D eigenvalue weighted by atomic mass is 32.1. The Labute approximate surface area is 235 Å². The third-order valence-electron chi connectivity index (χ3n) is 5.95. The smallest absolute Gasteiger partial charge is 0.322 e. The SMILES string of the molecule is C[C@H](NC(=O)[C@H](Cc1cnc[nH]1)NC(=O)[C@@H]1CCCN1C(=O)[C@H](CS)NC(=O)[C@@H](N)CS)C(=O)NCC(=O)O. The second-order valence-corrected chi connectivity index (χ2v) is 9.64. The normalized spacial score (nSPS) is 17.8. The lowest BCUT2D eigenvalue weighted by Gasteiger charge is -2.29. The van der Waals surface area contributed by atoms with Crippen molar-refractivity contribution in [2.45, 2.75) is 56.4 Å². The van der Waals surface area contributed by atoms with Crippen molar-refractivity contribution >= 4 is 60.8 Å². The van der Waals surface area contributed by atoms with Gasteiger partial charge in [0.2, 0.25) is 29.5 Å². The lowest BCUT2D eigenvalue weighted by molar-refractivity contribution is -0.141. The van der Waals surface area contributed by atoms with Crippen molar-refractivity contribution < 1.29 is 33.9 Å². The fraction of sp³-hybridized carbons (Fsp3) is 0.591. The van der Waals surface area contributed by atoms with E-state index in [1.165, 1.54) is 24.3 Å². The molecule has 0 spiro atoms. The van der Waals surface area contributed by atoms with Crippen LogP contribution in [0.3, 0.4) is 0 Å². The summed E-state index contributed by atoms with van der Waals surface area (Å²) in [5.74, 6) is -4.30. The number of aliphatic carboxylic acids is 1. The minimum Gasteiger partial charge on any atom is -0.480 e. The molecule has 0 unspecified atom stereocenters. The molecular formula is C22H34N8O7S2. The number of nitrogens with two attached hydrogens (primary N) is 1. The molecule has 0 bridgehead atoms. The Balaban J connectivity index is 2.12. The Morgan fingerprint density at radius 1 is 1.10 bits per heavy atom. The summed E-state index contributed by atoms with van der Waals surface area (Å²) in [4.78, 5) is 82.6. The van der Waals surface area contributed by atoms with Crippen molar-refractivity contribution in [3.8, 4) is 0 Å². The molecule has 39 heavy (non-hydrogen) atoms. The van der Waals surface area contributed by atoms with E-state index in [0.717, 1.165) is 0 Å². The molecule has 2 rings (SSSR count). The maximum absolute atomic E-state index is 13.3. The number of thiol groups is 2. The second kappa shape index (κ2) is 15.3. The van der Waals surface area contributed by atoms with Crippen LogP contribution in [0.25, 0.3) is 0 Å². The van der Waals surface area contributed by atoms with E-state index >= 15 is 0 Å². The Bertz CT molecular complexity index is 1040. The molecule has 1 aliphatic rings. The zero-order chi connectivity index (χ0) is 29.1. The lowest BCUT2D eigenvalue weighted by atomic mass is 10.1. The van der Waals surface area contributed by atoms with Crippen LogP contribution < -0.4 is 27.0 Å². The summed E-state index contributed by atoms with van der Waals surface area (Å²) in [6.45, 7) is 1.01. The van der Waals surface area contributed by atoms with Crippen LogP contribution in [0.4, 0.5) is 0 Å². The first-order chi connectivity index (χ1) is 18.5. The molecule has 1 aromatic rings. The van der Waals surface area contributed by atoms with E-state index in [0.29, 0.717) is 18.5 Å². The van der Waals surface area contributed by atoms with Gasteiger partial charge < -0.3 is 42.0 Å². The predicted molar refractivity (Wildman–Crippen MR) is 145 cm³/mol. The molecule has 2 heterocycles. The molecule has 17 heteroatoms. The number of aromatic nitrogens is 2. The van der Waals surface area contributed by atoms with Crippen LogP contribution in [0.5, 0.6) is 0 Å². The van der Waals surface area contributed by atoms with Gasteiger partial charge in [-0.3, -0.25) is 28.8 Å². The van der Waals surface area contributed by atoms with Crippen molar-refractivity contribution in [3.63, 3.8) is 0 Å². The summed E-state index contributed by atoms with van der Waals surface area (Å²) in [6, 6.07) is -5.10. The highest BCUT2D eigenvalue weighted by Crippen LogP contribution is 2.19. The van der Waals surface area contributed by atoms with Crippen LogP contribution in [-0.2, 0) is 35.2 Å². The minimum atomic E-state index is -1.24. The van der Waals surface area contributed by atoms with Gasteiger partial charge in [-0.2, -0.15) is 25.3 Å². The largest absolute Gasteiger partial charge is 0.480 e.